The minimum atomic E-state index is -3.35. The van der Waals surface area contributed by atoms with Crippen molar-refractivity contribution < 1.29 is 13.2 Å². The van der Waals surface area contributed by atoms with Gasteiger partial charge in [0.2, 0.25) is 10.0 Å². The van der Waals surface area contributed by atoms with E-state index in [0.717, 1.165) is 19.4 Å². The van der Waals surface area contributed by atoms with Gasteiger partial charge in [0.05, 0.1) is 5.25 Å². The highest BCUT2D eigenvalue weighted by atomic mass is 32.2. The third-order valence-corrected chi connectivity index (χ3v) is 7.33. The Labute approximate surface area is 168 Å². The molecule has 1 aliphatic rings. The smallest absolute Gasteiger partial charge is 0.270 e. The molecule has 1 unspecified atom stereocenters. The quantitative estimate of drug-likeness (QED) is 0.616. The zero-order valence-electron chi connectivity index (χ0n) is 15.8. The number of nitrogens with zero attached hydrogens (tertiary/aromatic N) is 3. The highest BCUT2D eigenvalue weighted by molar-refractivity contribution is 7.90. The number of nitrogens with two attached hydrogens (primary N) is 1. The third-order valence-electron chi connectivity index (χ3n) is 4.40. The molecule has 2 aromatic rings. The number of pyridine rings is 1. The second kappa shape index (κ2) is 8.41. The van der Waals surface area contributed by atoms with Gasteiger partial charge in [0, 0.05) is 25.3 Å². The van der Waals surface area contributed by atoms with Crippen LogP contribution in [0.3, 0.4) is 0 Å². The van der Waals surface area contributed by atoms with Crippen molar-refractivity contribution in [2.75, 3.05) is 23.3 Å². The molecular formula is C17H24N6O3S2. The Bertz CT molecular complexity index is 930. The van der Waals surface area contributed by atoms with Gasteiger partial charge in [-0.25, -0.2) is 23.1 Å². The predicted molar refractivity (Wildman–Crippen MR) is 111 cm³/mol. The first-order valence-electron chi connectivity index (χ1n) is 9.01. The normalized spacial score (nSPS) is 17.7. The SMILES string of the molecule is CC(C)S(=O)(=O)NC1CCCN(c2nc(C(N)=O)c(Nc3ccccn3)s2)C1. The number of primary amides is 1. The molecule has 0 bridgehead atoms. The molecule has 9 nitrogen and oxygen atoms in total. The van der Waals surface area contributed by atoms with Crippen LogP contribution in [-0.2, 0) is 10.0 Å². The van der Waals surface area contributed by atoms with Crippen LogP contribution in [0.15, 0.2) is 24.4 Å². The van der Waals surface area contributed by atoms with Gasteiger partial charge in [-0.05, 0) is 38.8 Å². The van der Waals surface area contributed by atoms with E-state index in [4.69, 9.17) is 5.73 Å². The van der Waals surface area contributed by atoms with Crippen LogP contribution in [0.1, 0.15) is 37.2 Å². The zero-order valence-corrected chi connectivity index (χ0v) is 17.4. The molecule has 1 fully saturated rings. The van der Waals surface area contributed by atoms with Crippen LogP contribution in [0.2, 0.25) is 0 Å². The average Bonchev–Trinajstić information content (AvgIpc) is 3.06. The number of carbonyl (C=O) groups excluding carboxylic acids is 1. The minimum Gasteiger partial charge on any atom is -0.364 e. The Morgan fingerprint density at radius 3 is 2.82 bits per heavy atom. The van der Waals surface area contributed by atoms with E-state index in [-0.39, 0.29) is 11.7 Å². The lowest BCUT2D eigenvalue weighted by Crippen LogP contribution is -2.49. The van der Waals surface area contributed by atoms with Crippen molar-refractivity contribution in [3.05, 3.63) is 30.1 Å². The molecule has 1 amide bonds. The van der Waals surface area contributed by atoms with Crippen LogP contribution in [-0.4, -0.2) is 48.7 Å². The highest BCUT2D eigenvalue weighted by Crippen LogP contribution is 2.34. The fourth-order valence-corrected chi connectivity index (χ4v) is 4.81. The number of rotatable bonds is 7. The molecule has 0 saturated carbocycles. The molecule has 2 aromatic heterocycles. The maximum absolute atomic E-state index is 12.2. The van der Waals surface area contributed by atoms with Crippen LogP contribution >= 0.6 is 11.3 Å². The summed E-state index contributed by atoms with van der Waals surface area (Å²) in [7, 11) is -3.35. The molecule has 1 saturated heterocycles. The summed E-state index contributed by atoms with van der Waals surface area (Å²) in [6.07, 6.45) is 3.22. The number of amides is 1. The minimum absolute atomic E-state index is 0.149. The number of carbonyl (C=O) groups is 1. The lowest BCUT2D eigenvalue weighted by Gasteiger charge is -2.33. The van der Waals surface area contributed by atoms with Crippen molar-refractivity contribution >= 4 is 43.2 Å². The first-order valence-corrected chi connectivity index (χ1v) is 11.4. The Balaban J connectivity index is 1.79. The van der Waals surface area contributed by atoms with Crippen molar-refractivity contribution in [1.29, 1.82) is 0 Å². The Hall–Kier alpha value is -2.24. The number of hydrogen-bond donors (Lipinski definition) is 3. The van der Waals surface area contributed by atoms with Crippen molar-refractivity contribution in [3.8, 4) is 0 Å². The van der Waals surface area contributed by atoms with E-state index in [9.17, 15) is 13.2 Å². The topological polar surface area (TPSA) is 130 Å². The lowest BCUT2D eigenvalue weighted by molar-refractivity contribution is 0.0997. The number of anilines is 3. The van der Waals surface area contributed by atoms with Gasteiger partial charge in [-0.3, -0.25) is 4.79 Å². The monoisotopic (exact) mass is 424 g/mol. The molecule has 0 aromatic carbocycles. The maximum Gasteiger partial charge on any atom is 0.270 e. The van der Waals surface area contributed by atoms with E-state index in [1.807, 2.05) is 11.0 Å². The van der Waals surface area contributed by atoms with E-state index in [1.165, 1.54) is 11.3 Å². The Morgan fingerprint density at radius 1 is 1.39 bits per heavy atom. The molecule has 4 N–H and O–H groups in total. The number of sulfonamides is 1. The number of hydrogen-bond acceptors (Lipinski definition) is 8. The number of piperidine rings is 1. The Kier molecular flexibility index (Phi) is 6.16. The summed E-state index contributed by atoms with van der Waals surface area (Å²) >= 11 is 1.30. The van der Waals surface area contributed by atoms with Crippen molar-refractivity contribution in [1.82, 2.24) is 14.7 Å². The van der Waals surface area contributed by atoms with Gasteiger partial charge in [-0.2, -0.15) is 0 Å². The maximum atomic E-state index is 12.2. The van der Waals surface area contributed by atoms with E-state index < -0.39 is 21.2 Å². The first-order chi connectivity index (χ1) is 13.3. The van der Waals surface area contributed by atoms with Crippen LogP contribution in [0.25, 0.3) is 0 Å². The van der Waals surface area contributed by atoms with Gasteiger partial charge in [0.1, 0.15) is 10.8 Å². The third kappa shape index (κ3) is 4.78. The molecule has 28 heavy (non-hydrogen) atoms. The van der Waals surface area contributed by atoms with Crippen molar-refractivity contribution in [2.45, 2.75) is 38.0 Å². The largest absolute Gasteiger partial charge is 0.364 e. The van der Waals surface area contributed by atoms with Crippen LogP contribution < -0.4 is 20.7 Å². The number of thiazole rings is 1. The highest BCUT2D eigenvalue weighted by Gasteiger charge is 2.28. The number of aromatic nitrogens is 2. The van der Waals surface area contributed by atoms with E-state index in [2.05, 4.69) is 20.0 Å². The van der Waals surface area contributed by atoms with E-state index in [1.54, 1.807) is 32.2 Å². The summed E-state index contributed by atoms with van der Waals surface area (Å²) in [5.41, 5.74) is 5.64. The summed E-state index contributed by atoms with van der Waals surface area (Å²) in [5, 5.41) is 3.74. The first kappa shape index (κ1) is 20.5. The molecule has 152 valence electrons. The van der Waals surface area contributed by atoms with Crippen molar-refractivity contribution in [3.63, 3.8) is 0 Å². The molecule has 0 aliphatic carbocycles. The van der Waals surface area contributed by atoms with E-state index in [0.29, 0.717) is 22.5 Å². The van der Waals surface area contributed by atoms with Crippen molar-refractivity contribution in [2.24, 2.45) is 5.73 Å². The van der Waals surface area contributed by atoms with Gasteiger partial charge < -0.3 is 16.0 Å². The predicted octanol–water partition coefficient (Wildman–Crippen LogP) is 1.68. The zero-order chi connectivity index (χ0) is 20.3. The second-order valence-electron chi connectivity index (χ2n) is 6.88. The van der Waals surface area contributed by atoms with Crippen LogP contribution in [0, 0.1) is 0 Å². The molecule has 1 aliphatic heterocycles. The molecule has 1 atom stereocenters. The fraction of sp³-hybridized carbons (Fsp3) is 0.471. The Morgan fingerprint density at radius 2 is 2.18 bits per heavy atom. The molecule has 0 spiro atoms. The summed E-state index contributed by atoms with van der Waals surface area (Å²) in [5.74, 6) is -0.0450. The molecule has 3 rings (SSSR count). The van der Waals surface area contributed by atoms with Gasteiger partial charge in [0.25, 0.3) is 5.91 Å². The summed E-state index contributed by atoms with van der Waals surface area (Å²) < 4.78 is 27.1. The second-order valence-corrected chi connectivity index (χ2v) is 10.1. The van der Waals surface area contributed by atoms with Gasteiger partial charge in [0.15, 0.2) is 10.8 Å². The van der Waals surface area contributed by atoms with Crippen LogP contribution in [0.5, 0.6) is 0 Å². The summed E-state index contributed by atoms with van der Waals surface area (Å²) in [6.45, 7) is 4.52. The van der Waals surface area contributed by atoms with Gasteiger partial charge >= 0.3 is 0 Å². The molecule has 11 heteroatoms. The molecule has 0 radical (unpaired) electrons. The van der Waals surface area contributed by atoms with E-state index >= 15 is 0 Å². The van der Waals surface area contributed by atoms with Crippen LogP contribution in [0.4, 0.5) is 16.0 Å². The fourth-order valence-electron chi connectivity index (χ4n) is 2.86. The summed E-state index contributed by atoms with van der Waals surface area (Å²) in [6, 6.07) is 5.21. The van der Waals surface area contributed by atoms with Gasteiger partial charge in [-0.15, -0.1) is 0 Å². The molecule has 3 heterocycles. The standard InChI is InChI=1S/C17H24N6O3S2/c1-11(2)28(25,26)22-12-6-5-9-23(10-12)17-21-14(15(18)24)16(27-17)20-13-7-3-4-8-19-13/h3-4,7-8,11-12,22H,5-6,9-10H2,1-2H3,(H2,18,24)(H,19,20). The molecular weight excluding hydrogens is 400 g/mol. The number of nitrogens with one attached hydrogen (secondary N) is 2. The summed E-state index contributed by atoms with van der Waals surface area (Å²) in [4.78, 5) is 22.4. The lowest BCUT2D eigenvalue weighted by atomic mass is 10.1. The average molecular weight is 425 g/mol. The van der Waals surface area contributed by atoms with Gasteiger partial charge in [-0.1, -0.05) is 17.4 Å².